The van der Waals surface area contributed by atoms with Gasteiger partial charge >= 0.3 is 0 Å². The Morgan fingerprint density at radius 1 is 1.43 bits per heavy atom. The van der Waals surface area contributed by atoms with Crippen LogP contribution in [0.5, 0.6) is 0 Å². The van der Waals surface area contributed by atoms with Crippen LogP contribution in [-0.2, 0) is 9.53 Å². The summed E-state index contributed by atoms with van der Waals surface area (Å²) in [4.78, 5) is 14.5. The number of ether oxygens (including phenoxy) is 1. The number of hydrogen-bond acceptors (Lipinski definition) is 4. The fourth-order valence-electron chi connectivity index (χ4n) is 2.61. The Bertz CT molecular complexity index is 543. The van der Waals surface area contributed by atoms with E-state index in [0.29, 0.717) is 11.3 Å². The Hall–Kier alpha value is -1.90. The monoisotopic (exact) mass is 287 g/mol. The van der Waals surface area contributed by atoms with Crippen LogP contribution in [0.25, 0.3) is 0 Å². The Kier molecular flexibility index (Phi) is 4.94. The number of anilines is 1. The van der Waals surface area contributed by atoms with E-state index in [9.17, 15) is 4.79 Å². The van der Waals surface area contributed by atoms with Crippen LogP contribution in [0.2, 0.25) is 0 Å². The number of carbonyl (C=O) groups is 1. The van der Waals surface area contributed by atoms with E-state index in [1.807, 2.05) is 20.8 Å². The molecule has 1 amide bonds. The molecule has 1 aliphatic rings. The molecule has 0 bridgehead atoms. The molecule has 0 radical (unpaired) electrons. The van der Waals surface area contributed by atoms with Gasteiger partial charge in [0.2, 0.25) is 5.91 Å². The topological polar surface area (TPSA) is 65.4 Å². The second-order valence-corrected chi connectivity index (χ2v) is 5.57. The maximum absolute atomic E-state index is 12.3. The lowest BCUT2D eigenvalue weighted by Gasteiger charge is -2.38. The minimum atomic E-state index is -0.232. The first kappa shape index (κ1) is 15.5. The average Bonchev–Trinajstić information content (AvgIpc) is 2.45. The van der Waals surface area contributed by atoms with Crippen LogP contribution < -0.4 is 5.32 Å². The summed E-state index contributed by atoms with van der Waals surface area (Å²) in [6, 6.07) is 8.77. The molecule has 1 saturated heterocycles. The summed E-state index contributed by atoms with van der Waals surface area (Å²) < 4.78 is 5.69. The van der Waals surface area contributed by atoms with Gasteiger partial charge < -0.3 is 10.1 Å². The number of nitrogens with zero attached hydrogens (tertiary/aromatic N) is 2. The number of nitriles is 1. The molecule has 3 atom stereocenters. The molecule has 21 heavy (non-hydrogen) atoms. The van der Waals surface area contributed by atoms with Gasteiger partial charge in [0.25, 0.3) is 0 Å². The van der Waals surface area contributed by atoms with Gasteiger partial charge in [-0.05, 0) is 39.0 Å². The first-order chi connectivity index (χ1) is 9.99. The van der Waals surface area contributed by atoms with Gasteiger partial charge in [-0.3, -0.25) is 9.69 Å². The van der Waals surface area contributed by atoms with Gasteiger partial charge in [-0.15, -0.1) is 0 Å². The lowest BCUT2D eigenvalue weighted by atomic mass is 10.1. The standard InChI is InChI=1S/C16H21N3O2/c1-11-9-19(10-12(2)21-11)13(3)16(20)18-15-6-4-5-14(7-15)8-17/h4-7,11-13H,9-10H2,1-3H3,(H,18,20)/t11-,12-,13-/m0/s1. The third-order valence-corrected chi connectivity index (χ3v) is 3.63. The third-order valence-electron chi connectivity index (χ3n) is 3.63. The summed E-state index contributed by atoms with van der Waals surface area (Å²) in [5, 5.41) is 11.8. The SMILES string of the molecule is C[C@H]1CN([C@@H](C)C(=O)Nc2cccc(C#N)c2)C[C@H](C)O1. The zero-order valence-electron chi connectivity index (χ0n) is 12.7. The van der Waals surface area contributed by atoms with Crippen molar-refractivity contribution >= 4 is 11.6 Å². The minimum Gasteiger partial charge on any atom is -0.373 e. The van der Waals surface area contributed by atoms with Crippen molar-refractivity contribution in [1.29, 1.82) is 5.26 Å². The van der Waals surface area contributed by atoms with Gasteiger partial charge in [-0.1, -0.05) is 6.07 Å². The highest BCUT2D eigenvalue weighted by atomic mass is 16.5. The second-order valence-electron chi connectivity index (χ2n) is 5.57. The molecule has 1 aromatic carbocycles. The second kappa shape index (κ2) is 6.70. The molecule has 1 heterocycles. The molecule has 1 aromatic rings. The molecule has 0 unspecified atom stereocenters. The van der Waals surface area contributed by atoms with E-state index in [1.165, 1.54) is 0 Å². The Morgan fingerprint density at radius 2 is 2.10 bits per heavy atom. The molecule has 5 heteroatoms. The van der Waals surface area contributed by atoms with Crippen molar-refractivity contribution in [3.05, 3.63) is 29.8 Å². The van der Waals surface area contributed by atoms with Crippen molar-refractivity contribution in [1.82, 2.24) is 4.90 Å². The largest absolute Gasteiger partial charge is 0.373 e. The summed E-state index contributed by atoms with van der Waals surface area (Å²) in [5.74, 6) is -0.0635. The molecule has 5 nitrogen and oxygen atoms in total. The smallest absolute Gasteiger partial charge is 0.241 e. The Balaban J connectivity index is 2.00. The molecular weight excluding hydrogens is 266 g/mol. The first-order valence-electron chi connectivity index (χ1n) is 7.20. The van der Waals surface area contributed by atoms with Crippen LogP contribution in [0.1, 0.15) is 26.3 Å². The maximum Gasteiger partial charge on any atom is 0.241 e. The van der Waals surface area contributed by atoms with Crippen molar-refractivity contribution in [2.75, 3.05) is 18.4 Å². The molecule has 112 valence electrons. The van der Waals surface area contributed by atoms with E-state index in [2.05, 4.69) is 16.3 Å². The van der Waals surface area contributed by atoms with Crippen molar-refractivity contribution in [3.63, 3.8) is 0 Å². The molecule has 0 saturated carbocycles. The summed E-state index contributed by atoms with van der Waals surface area (Å²) in [7, 11) is 0. The zero-order chi connectivity index (χ0) is 15.4. The van der Waals surface area contributed by atoms with Crippen LogP contribution >= 0.6 is 0 Å². The van der Waals surface area contributed by atoms with Crippen molar-refractivity contribution < 1.29 is 9.53 Å². The minimum absolute atomic E-state index is 0.0635. The van der Waals surface area contributed by atoms with Gasteiger partial charge in [-0.25, -0.2) is 0 Å². The molecule has 0 aromatic heterocycles. The van der Waals surface area contributed by atoms with Gasteiger partial charge in [0, 0.05) is 18.8 Å². The fourth-order valence-corrected chi connectivity index (χ4v) is 2.61. The van der Waals surface area contributed by atoms with E-state index < -0.39 is 0 Å². The number of nitrogens with one attached hydrogen (secondary N) is 1. The Labute approximate surface area is 125 Å². The van der Waals surface area contributed by atoms with Crippen molar-refractivity contribution in [3.8, 4) is 6.07 Å². The summed E-state index contributed by atoms with van der Waals surface area (Å²) in [6.07, 6.45) is 0.261. The predicted molar refractivity (Wildman–Crippen MR) is 80.8 cm³/mol. The van der Waals surface area contributed by atoms with E-state index in [-0.39, 0.29) is 24.2 Å². The molecule has 2 rings (SSSR count). The Morgan fingerprint density at radius 3 is 2.71 bits per heavy atom. The number of amides is 1. The lowest BCUT2D eigenvalue weighted by molar-refractivity contribution is -0.126. The van der Waals surface area contributed by atoms with Gasteiger partial charge in [0.05, 0.1) is 29.9 Å². The van der Waals surface area contributed by atoms with Gasteiger partial charge in [0.15, 0.2) is 0 Å². The molecule has 0 spiro atoms. The van der Waals surface area contributed by atoms with Crippen LogP contribution in [0, 0.1) is 11.3 Å². The number of morpholine rings is 1. The van der Waals surface area contributed by atoms with Gasteiger partial charge in [-0.2, -0.15) is 5.26 Å². The number of rotatable bonds is 3. The van der Waals surface area contributed by atoms with E-state index in [4.69, 9.17) is 10.00 Å². The molecule has 1 N–H and O–H groups in total. The molecule has 0 aliphatic carbocycles. The maximum atomic E-state index is 12.3. The van der Waals surface area contributed by atoms with Crippen LogP contribution in [-0.4, -0.2) is 42.1 Å². The fraction of sp³-hybridized carbons (Fsp3) is 0.500. The van der Waals surface area contributed by atoms with Crippen LogP contribution in [0.15, 0.2) is 24.3 Å². The van der Waals surface area contributed by atoms with Crippen LogP contribution in [0.3, 0.4) is 0 Å². The quantitative estimate of drug-likeness (QED) is 0.923. The van der Waals surface area contributed by atoms with E-state index in [0.717, 1.165) is 13.1 Å². The normalized spacial score (nSPS) is 24.1. The number of hydrogen-bond donors (Lipinski definition) is 1. The summed E-state index contributed by atoms with van der Waals surface area (Å²) in [5.41, 5.74) is 1.19. The van der Waals surface area contributed by atoms with Crippen molar-refractivity contribution in [2.24, 2.45) is 0 Å². The first-order valence-corrected chi connectivity index (χ1v) is 7.20. The highest BCUT2D eigenvalue weighted by Gasteiger charge is 2.29. The number of carbonyl (C=O) groups excluding carboxylic acids is 1. The van der Waals surface area contributed by atoms with Crippen LogP contribution in [0.4, 0.5) is 5.69 Å². The molecular formula is C16H21N3O2. The summed E-state index contributed by atoms with van der Waals surface area (Å²) >= 11 is 0. The van der Waals surface area contributed by atoms with E-state index in [1.54, 1.807) is 24.3 Å². The van der Waals surface area contributed by atoms with Gasteiger partial charge in [0.1, 0.15) is 0 Å². The third kappa shape index (κ3) is 4.03. The zero-order valence-corrected chi connectivity index (χ0v) is 12.7. The predicted octanol–water partition coefficient (Wildman–Crippen LogP) is 1.99. The van der Waals surface area contributed by atoms with Crippen molar-refractivity contribution in [2.45, 2.75) is 39.0 Å². The molecule has 1 aliphatic heterocycles. The lowest BCUT2D eigenvalue weighted by Crippen LogP contribution is -2.52. The summed E-state index contributed by atoms with van der Waals surface area (Å²) in [6.45, 7) is 7.43. The highest BCUT2D eigenvalue weighted by molar-refractivity contribution is 5.94. The number of benzene rings is 1. The highest BCUT2D eigenvalue weighted by Crippen LogP contribution is 2.16. The average molecular weight is 287 g/mol. The molecule has 1 fully saturated rings. The van der Waals surface area contributed by atoms with E-state index >= 15 is 0 Å².